The van der Waals surface area contributed by atoms with Gasteiger partial charge in [-0.3, -0.25) is 4.79 Å². The van der Waals surface area contributed by atoms with Crippen molar-refractivity contribution in [3.8, 4) is 0 Å². The van der Waals surface area contributed by atoms with E-state index >= 15 is 0 Å². The summed E-state index contributed by atoms with van der Waals surface area (Å²) in [5.74, 6) is 0.124. The lowest BCUT2D eigenvalue weighted by atomic mass is 9.97. The standard InChI is InChI=1S/C13H16N2O/c14-11-8-9-4-1-2-5-10(9)12-6-3-7-15(12)13(11)16/h1-2,4-5,11-12H,3,6-8,14H2/t11-,12+/m0/s1. The highest BCUT2D eigenvalue weighted by molar-refractivity contribution is 5.83. The lowest BCUT2D eigenvalue weighted by molar-refractivity contribution is -0.133. The van der Waals surface area contributed by atoms with E-state index in [0.29, 0.717) is 6.42 Å². The number of nitrogens with zero attached hydrogens (tertiary/aromatic N) is 1. The van der Waals surface area contributed by atoms with Crippen LogP contribution in [0.5, 0.6) is 0 Å². The third kappa shape index (κ3) is 1.35. The van der Waals surface area contributed by atoms with Crippen LogP contribution in [0.3, 0.4) is 0 Å². The van der Waals surface area contributed by atoms with Crippen LogP contribution in [0.4, 0.5) is 0 Å². The molecule has 3 nitrogen and oxygen atoms in total. The Morgan fingerprint density at radius 3 is 3.00 bits per heavy atom. The zero-order valence-corrected chi connectivity index (χ0v) is 9.23. The van der Waals surface area contributed by atoms with Crippen LogP contribution in [0, 0.1) is 0 Å². The monoisotopic (exact) mass is 216 g/mol. The summed E-state index contributed by atoms with van der Waals surface area (Å²) < 4.78 is 0. The molecule has 1 amide bonds. The van der Waals surface area contributed by atoms with Crippen LogP contribution in [0.15, 0.2) is 24.3 Å². The van der Waals surface area contributed by atoms with E-state index in [2.05, 4.69) is 18.2 Å². The van der Waals surface area contributed by atoms with Gasteiger partial charge in [-0.15, -0.1) is 0 Å². The van der Waals surface area contributed by atoms with Gasteiger partial charge in [-0.2, -0.15) is 0 Å². The molecule has 0 radical (unpaired) electrons. The quantitative estimate of drug-likeness (QED) is 0.709. The van der Waals surface area contributed by atoms with Crippen molar-refractivity contribution in [1.82, 2.24) is 4.90 Å². The second-order valence-corrected chi connectivity index (χ2v) is 4.70. The molecule has 1 aromatic rings. The Kier molecular flexibility index (Phi) is 2.21. The summed E-state index contributed by atoms with van der Waals surface area (Å²) in [5.41, 5.74) is 8.51. The first-order chi connectivity index (χ1) is 7.77. The molecule has 2 aliphatic rings. The molecule has 0 aromatic heterocycles. The van der Waals surface area contributed by atoms with E-state index in [0.717, 1.165) is 19.4 Å². The third-order valence-electron chi connectivity index (χ3n) is 3.71. The molecule has 1 saturated heterocycles. The molecule has 84 valence electrons. The number of hydrogen-bond acceptors (Lipinski definition) is 2. The maximum Gasteiger partial charge on any atom is 0.240 e. The number of rotatable bonds is 0. The topological polar surface area (TPSA) is 46.3 Å². The van der Waals surface area contributed by atoms with Crippen molar-refractivity contribution >= 4 is 5.91 Å². The molecule has 0 unspecified atom stereocenters. The average molecular weight is 216 g/mol. The lowest BCUT2D eigenvalue weighted by Crippen LogP contribution is -2.42. The highest BCUT2D eigenvalue weighted by Gasteiger charge is 2.36. The Bertz CT molecular complexity index is 430. The summed E-state index contributed by atoms with van der Waals surface area (Å²) in [6, 6.07) is 8.24. The molecule has 2 aliphatic heterocycles. The number of carbonyl (C=O) groups excluding carboxylic acids is 1. The van der Waals surface area contributed by atoms with Crippen molar-refractivity contribution in [2.45, 2.75) is 31.3 Å². The number of hydrogen-bond donors (Lipinski definition) is 1. The first-order valence-corrected chi connectivity index (χ1v) is 5.91. The Hall–Kier alpha value is -1.35. The van der Waals surface area contributed by atoms with Gasteiger partial charge in [-0.05, 0) is 30.4 Å². The summed E-state index contributed by atoms with van der Waals surface area (Å²) in [6.07, 6.45) is 2.86. The fourth-order valence-electron chi connectivity index (χ4n) is 2.94. The molecule has 0 bridgehead atoms. The van der Waals surface area contributed by atoms with Gasteiger partial charge >= 0.3 is 0 Å². The highest BCUT2D eigenvalue weighted by Crippen LogP contribution is 2.36. The van der Waals surface area contributed by atoms with E-state index < -0.39 is 0 Å². The van der Waals surface area contributed by atoms with Gasteiger partial charge in [0.25, 0.3) is 0 Å². The minimum atomic E-state index is -0.357. The second kappa shape index (κ2) is 3.59. The summed E-state index contributed by atoms with van der Waals surface area (Å²) in [6.45, 7) is 0.867. The van der Waals surface area contributed by atoms with Crippen LogP contribution in [0.25, 0.3) is 0 Å². The van der Waals surface area contributed by atoms with Crippen LogP contribution < -0.4 is 5.73 Å². The van der Waals surface area contributed by atoms with E-state index in [4.69, 9.17) is 5.73 Å². The van der Waals surface area contributed by atoms with Gasteiger partial charge in [0.15, 0.2) is 0 Å². The fraction of sp³-hybridized carbons (Fsp3) is 0.462. The number of amides is 1. The molecule has 2 atom stereocenters. The molecule has 0 spiro atoms. The van der Waals surface area contributed by atoms with E-state index in [1.165, 1.54) is 11.1 Å². The molecule has 1 fully saturated rings. The smallest absolute Gasteiger partial charge is 0.240 e. The van der Waals surface area contributed by atoms with Crippen LogP contribution in [-0.2, 0) is 11.2 Å². The van der Waals surface area contributed by atoms with Crippen molar-refractivity contribution in [2.75, 3.05) is 6.54 Å². The summed E-state index contributed by atoms with van der Waals surface area (Å²) in [5, 5.41) is 0. The van der Waals surface area contributed by atoms with Crippen LogP contribution in [0.2, 0.25) is 0 Å². The van der Waals surface area contributed by atoms with E-state index in [-0.39, 0.29) is 18.0 Å². The molecule has 3 rings (SSSR count). The summed E-state index contributed by atoms with van der Waals surface area (Å²) >= 11 is 0. The van der Waals surface area contributed by atoms with Crippen molar-refractivity contribution in [2.24, 2.45) is 5.73 Å². The third-order valence-corrected chi connectivity index (χ3v) is 3.71. The normalized spacial score (nSPS) is 28.6. The Morgan fingerprint density at radius 2 is 2.12 bits per heavy atom. The van der Waals surface area contributed by atoms with Gasteiger partial charge < -0.3 is 10.6 Å². The van der Waals surface area contributed by atoms with Crippen molar-refractivity contribution < 1.29 is 4.79 Å². The van der Waals surface area contributed by atoms with Gasteiger partial charge in [0.2, 0.25) is 5.91 Å². The molecule has 2 heterocycles. The average Bonchev–Trinajstić information content (AvgIpc) is 2.74. The maximum atomic E-state index is 12.1. The first kappa shape index (κ1) is 9.85. The zero-order valence-electron chi connectivity index (χ0n) is 9.23. The molecule has 0 saturated carbocycles. The van der Waals surface area contributed by atoms with E-state index in [1.807, 2.05) is 11.0 Å². The van der Waals surface area contributed by atoms with Crippen LogP contribution in [0.1, 0.15) is 30.0 Å². The predicted octanol–water partition coefficient (Wildman–Crippen LogP) is 1.23. The van der Waals surface area contributed by atoms with Gasteiger partial charge in [-0.25, -0.2) is 0 Å². The number of carbonyl (C=O) groups is 1. The molecular formula is C13H16N2O. The first-order valence-electron chi connectivity index (χ1n) is 5.91. The van der Waals surface area contributed by atoms with E-state index in [9.17, 15) is 4.79 Å². The SMILES string of the molecule is N[C@H]1Cc2ccccc2[C@H]2CCCN2C1=O. The molecule has 1 aromatic carbocycles. The summed E-state index contributed by atoms with van der Waals surface area (Å²) in [7, 11) is 0. The fourth-order valence-corrected chi connectivity index (χ4v) is 2.94. The van der Waals surface area contributed by atoms with E-state index in [1.54, 1.807) is 0 Å². The van der Waals surface area contributed by atoms with Crippen LogP contribution >= 0.6 is 0 Å². The van der Waals surface area contributed by atoms with Gasteiger partial charge in [0.1, 0.15) is 0 Å². The maximum absolute atomic E-state index is 12.1. The number of benzene rings is 1. The van der Waals surface area contributed by atoms with Gasteiger partial charge in [0.05, 0.1) is 12.1 Å². The largest absolute Gasteiger partial charge is 0.334 e. The molecule has 0 aliphatic carbocycles. The molecular weight excluding hydrogens is 200 g/mol. The number of nitrogens with two attached hydrogens (primary N) is 1. The number of fused-ring (bicyclic) bond motifs is 3. The summed E-state index contributed by atoms with van der Waals surface area (Å²) in [4.78, 5) is 14.1. The lowest BCUT2D eigenvalue weighted by Gasteiger charge is -2.24. The second-order valence-electron chi connectivity index (χ2n) is 4.70. The van der Waals surface area contributed by atoms with Crippen molar-refractivity contribution in [1.29, 1.82) is 0 Å². The molecule has 16 heavy (non-hydrogen) atoms. The van der Waals surface area contributed by atoms with Gasteiger partial charge in [0, 0.05) is 6.54 Å². The van der Waals surface area contributed by atoms with Crippen LogP contribution in [-0.4, -0.2) is 23.4 Å². The predicted molar refractivity (Wildman–Crippen MR) is 61.8 cm³/mol. The van der Waals surface area contributed by atoms with Gasteiger partial charge in [-0.1, -0.05) is 24.3 Å². The Labute approximate surface area is 95.2 Å². The highest BCUT2D eigenvalue weighted by atomic mass is 16.2. The van der Waals surface area contributed by atoms with Crippen molar-refractivity contribution in [3.05, 3.63) is 35.4 Å². The molecule has 2 N–H and O–H groups in total. The Balaban J connectivity index is 2.10. The minimum Gasteiger partial charge on any atom is -0.334 e. The Morgan fingerprint density at radius 1 is 1.31 bits per heavy atom. The van der Waals surface area contributed by atoms with Crippen molar-refractivity contribution in [3.63, 3.8) is 0 Å². The zero-order chi connectivity index (χ0) is 11.1. The minimum absolute atomic E-state index is 0.124. The molecule has 3 heteroatoms.